The van der Waals surface area contributed by atoms with Crippen LogP contribution in [0.3, 0.4) is 0 Å². The molecule has 1 aromatic carbocycles. The molecule has 0 fully saturated rings. The molecule has 2 aromatic heterocycles. The summed E-state index contributed by atoms with van der Waals surface area (Å²) in [5.74, 6) is 0.110. The third-order valence-electron chi connectivity index (χ3n) is 3.18. The van der Waals surface area contributed by atoms with Crippen LogP contribution in [0.25, 0.3) is 11.2 Å². The van der Waals surface area contributed by atoms with Crippen molar-refractivity contribution in [3.63, 3.8) is 0 Å². The lowest BCUT2D eigenvalue weighted by atomic mass is 10.2. The van der Waals surface area contributed by atoms with Crippen molar-refractivity contribution in [3.05, 3.63) is 42.2 Å². The largest absolute Gasteiger partial charge is 0.465 e. The van der Waals surface area contributed by atoms with Gasteiger partial charge in [0.15, 0.2) is 17.0 Å². The van der Waals surface area contributed by atoms with Crippen LogP contribution in [0.15, 0.2) is 36.7 Å². The molecule has 0 saturated heterocycles. The molecule has 23 heavy (non-hydrogen) atoms. The van der Waals surface area contributed by atoms with Crippen molar-refractivity contribution in [2.24, 2.45) is 0 Å². The number of aromatic nitrogens is 5. The highest BCUT2D eigenvalue weighted by molar-refractivity contribution is 5.84. The average Bonchev–Trinajstić information content (AvgIpc) is 2.98. The van der Waals surface area contributed by atoms with E-state index in [1.165, 1.54) is 6.33 Å². The predicted octanol–water partition coefficient (Wildman–Crippen LogP) is 1.24. The summed E-state index contributed by atoms with van der Waals surface area (Å²) in [6.45, 7) is 2.68. The van der Waals surface area contributed by atoms with Gasteiger partial charge in [0, 0.05) is 0 Å². The van der Waals surface area contributed by atoms with Gasteiger partial charge in [-0.25, -0.2) is 14.6 Å². The Kier molecular flexibility index (Phi) is 4.41. The normalized spacial score (nSPS) is 10.7. The zero-order chi connectivity index (χ0) is 16.1. The number of nitrogens with zero attached hydrogens (tertiary/aromatic N) is 5. The van der Waals surface area contributed by atoms with Crippen molar-refractivity contribution in [3.8, 4) is 0 Å². The third kappa shape index (κ3) is 3.42. The molecule has 3 aromatic rings. The van der Waals surface area contributed by atoms with Crippen molar-refractivity contribution in [2.75, 3.05) is 18.5 Å². The van der Waals surface area contributed by atoms with Crippen molar-refractivity contribution < 1.29 is 9.53 Å². The van der Waals surface area contributed by atoms with Crippen molar-refractivity contribution in [1.82, 2.24) is 25.0 Å². The van der Waals surface area contributed by atoms with E-state index in [0.29, 0.717) is 30.1 Å². The van der Waals surface area contributed by atoms with Gasteiger partial charge in [0.05, 0.1) is 13.2 Å². The Hall–Kier alpha value is -3.03. The van der Waals surface area contributed by atoms with E-state index in [4.69, 9.17) is 4.74 Å². The third-order valence-corrected chi connectivity index (χ3v) is 3.18. The Labute approximate surface area is 132 Å². The van der Waals surface area contributed by atoms with Crippen LogP contribution >= 0.6 is 0 Å². The molecule has 2 heterocycles. The number of hydrogen-bond donors (Lipinski definition) is 1. The van der Waals surface area contributed by atoms with E-state index in [0.717, 1.165) is 5.56 Å². The highest BCUT2D eigenvalue weighted by Gasteiger charge is 2.13. The van der Waals surface area contributed by atoms with Crippen LogP contribution in [0.1, 0.15) is 12.5 Å². The zero-order valence-electron chi connectivity index (χ0n) is 12.6. The first-order valence-corrected chi connectivity index (χ1v) is 7.25. The Morgan fingerprint density at radius 1 is 1.26 bits per heavy atom. The number of fused-ring (bicyclic) bond motifs is 1. The van der Waals surface area contributed by atoms with E-state index in [1.54, 1.807) is 11.6 Å². The van der Waals surface area contributed by atoms with Crippen molar-refractivity contribution in [1.29, 1.82) is 0 Å². The lowest BCUT2D eigenvalue weighted by Crippen LogP contribution is -2.17. The fourth-order valence-electron chi connectivity index (χ4n) is 2.15. The predicted molar refractivity (Wildman–Crippen MR) is 83.8 cm³/mol. The molecule has 3 rings (SSSR count). The Bertz CT molecular complexity index is 802. The topological polar surface area (TPSA) is 94.8 Å². The van der Waals surface area contributed by atoms with Gasteiger partial charge in [0.2, 0.25) is 0 Å². The minimum absolute atomic E-state index is 0.0193. The summed E-state index contributed by atoms with van der Waals surface area (Å²) in [7, 11) is 0. The number of anilines is 1. The van der Waals surface area contributed by atoms with E-state index >= 15 is 0 Å². The summed E-state index contributed by atoms with van der Waals surface area (Å²) >= 11 is 0. The number of carbonyl (C=O) groups excluding carboxylic acids is 1. The van der Waals surface area contributed by atoms with E-state index in [2.05, 4.69) is 25.6 Å². The number of benzene rings is 1. The van der Waals surface area contributed by atoms with Gasteiger partial charge in [-0.3, -0.25) is 4.79 Å². The molecule has 0 radical (unpaired) electrons. The smallest absolute Gasteiger partial charge is 0.325 e. The molecule has 0 bridgehead atoms. The summed E-state index contributed by atoms with van der Waals surface area (Å²) < 4.78 is 6.57. The Morgan fingerprint density at radius 2 is 2.09 bits per heavy atom. The molecule has 0 aliphatic heterocycles. The van der Waals surface area contributed by atoms with Crippen LogP contribution in [-0.2, 0) is 16.1 Å². The van der Waals surface area contributed by atoms with Gasteiger partial charge in [-0.15, -0.1) is 5.10 Å². The van der Waals surface area contributed by atoms with E-state index in [-0.39, 0.29) is 12.5 Å². The SMILES string of the molecule is CCOC(=O)CNc1ncnc2c1nnn2Cc1ccccc1. The Balaban J connectivity index is 1.81. The summed E-state index contributed by atoms with van der Waals surface area (Å²) in [6, 6.07) is 9.91. The second-order valence-corrected chi connectivity index (χ2v) is 4.79. The summed E-state index contributed by atoms with van der Waals surface area (Å²) in [6.07, 6.45) is 1.42. The zero-order valence-corrected chi connectivity index (χ0v) is 12.6. The molecule has 0 spiro atoms. The summed E-state index contributed by atoms with van der Waals surface area (Å²) in [5, 5.41) is 11.1. The first-order chi connectivity index (χ1) is 11.3. The minimum Gasteiger partial charge on any atom is -0.465 e. The number of esters is 1. The second kappa shape index (κ2) is 6.82. The molecule has 0 aliphatic carbocycles. The summed E-state index contributed by atoms with van der Waals surface area (Å²) in [4.78, 5) is 19.8. The fraction of sp³-hybridized carbons (Fsp3) is 0.267. The molecule has 0 amide bonds. The van der Waals surface area contributed by atoms with E-state index < -0.39 is 0 Å². The second-order valence-electron chi connectivity index (χ2n) is 4.79. The van der Waals surface area contributed by atoms with E-state index in [9.17, 15) is 4.79 Å². The Morgan fingerprint density at radius 3 is 2.87 bits per heavy atom. The van der Waals surface area contributed by atoms with Gasteiger partial charge in [0.1, 0.15) is 12.9 Å². The molecule has 1 N–H and O–H groups in total. The molecule has 0 atom stereocenters. The van der Waals surface area contributed by atoms with Gasteiger partial charge < -0.3 is 10.1 Å². The molecule has 0 unspecified atom stereocenters. The van der Waals surface area contributed by atoms with Crippen LogP contribution in [0, 0.1) is 0 Å². The van der Waals surface area contributed by atoms with Crippen molar-refractivity contribution in [2.45, 2.75) is 13.5 Å². The highest BCUT2D eigenvalue weighted by atomic mass is 16.5. The molecular weight excluding hydrogens is 296 g/mol. The fourth-order valence-corrected chi connectivity index (χ4v) is 2.15. The number of rotatable bonds is 6. The molecular formula is C15H16N6O2. The van der Waals surface area contributed by atoms with Gasteiger partial charge in [-0.1, -0.05) is 35.5 Å². The van der Waals surface area contributed by atoms with Crippen LogP contribution in [0.4, 0.5) is 5.82 Å². The summed E-state index contributed by atoms with van der Waals surface area (Å²) in [5.41, 5.74) is 2.22. The van der Waals surface area contributed by atoms with Crippen molar-refractivity contribution >= 4 is 23.0 Å². The lowest BCUT2D eigenvalue weighted by molar-refractivity contribution is -0.140. The molecule has 0 aliphatic rings. The molecule has 8 nitrogen and oxygen atoms in total. The number of ether oxygens (including phenoxy) is 1. The van der Waals surface area contributed by atoms with Crippen LogP contribution in [-0.4, -0.2) is 44.1 Å². The van der Waals surface area contributed by atoms with E-state index in [1.807, 2.05) is 30.3 Å². The lowest BCUT2D eigenvalue weighted by Gasteiger charge is -2.05. The first-order valence-electron chi connectivity index (χ1n) is 7.25. The highest BCUT2D eigenvalue weighted by Crippen LogP contribution is 2.16. The standard InChI is InChI=1S/C15H16N6O2/c1-2-23-12(22)8-16-14-13-15(18-10-17-14)21(20-19-13)9-11-6-4-3-5-7-11/h3-7,10H,2,8-9H2,1H3,(H,16,17,18). The minimum atomic E-state index is -0.351. The first kappa shape index (κ1) is 14.9. The van der Waals surface area contributed by atoms with Gasteiger partial charge in [0.25, 0.3) is 0 Å². The van der Waals surface area contributed by atoms with Gasteiger partial charge in [-0.2, -0.15) is 0 Å². The maximum atomic E-state index is 11.4. The van der Waals surface area contributed by atoms with Gasteiger partial charge in [-0.05, 0) is 12.5 Å². The van der Waals surface area contributed by atoms with Crippen LogP contribution < -0.4 is 5.32 Å². The van der Waals surface area contributed by atoms with Gasteiger partial charge >= 0.3 is 5.97 Å². The quantitative estimate of drug-likeness (QED) is 0.684. The number of carbonyl (C=O) groups is 1. The van der Waals surface area contributed by atoms with Crippen LogP contribution in [0.2, 0.25) is 0 Å². The number of nitrogens with one attached hydrogen (secondary N) is 1. The monoisotopic (exact) mass is 312 g/mol. The molecule has 0 saturated carbocycles. The molecule has 8 heteroatoms. The maximum absolute atomic E-state index is 11.4. The number of hydrogen-bond acceptors (Lipinski definition) is 7. The maximum Gasteiger partial charge on any atom is 0.325 e. The average molecular weight is 312 g/mol. The molecule has 118 valence electrons. The van der Waals surface area contributed by atoms with Crippen LogP contribution in [0.5, 0.6) is 0 Å².